The molecule has 4 rings (SSSR count). The summed E-state index contributed by atoms with van der Waals surface area (Å²) in [7, 11) is 1.34. The summed E-state index contributed by atoms with van der Waals surface area (Å²) < 4.78 is 16.1. The number of esters is 1. The van der Waals surface area contributed by atoms with E-state index in [9.17, 15) is 14.4 Å². The molecular weight excluding hydrogens is 496 g/mol. The van der Waals surface area contributed by atoms with Crippen LogP contribution in [-0.4, -0.2) is 49.0 Å². The number of anilines is 1. The molecule has 0 spiro atoms. The highest BCUT2D eigenvalue weighted by Gasteiger charge is 2.38. The Balaban J connectivity index is 1.50. The number of rotatable bonds is 10. The van der Waals surface area contributed by atoms with E-state index in [4.69, 9.17) is 14.2 Å². The average Bonchev–Trinajstić information content (AvgIpc) is 3.24. The minimum atomic E-state index is -0.639. The minimum Gasteiger partial charge on any atom is -0.494 e. The molecule has 1 aliphatic rings. The van der Waals surface area contributed by atoms with Gasteiger partial charge in [0.25, 0.3) is 11.8 Å². The SMILES string of the molecule is CCOc1cc(OCC)cc(C(=O)Nc2ccc(-c3ccc4c(c3)C(=O)N(C(C(=O)OC)C(C)C)C4)cc2)c1. The molecule has 0 saturated heterocycles. The monoisotopic (exact) mass is 530 g/mol. The van der Waals surface area contributed by atoms with E-state index in [0.29, 0.717) is 48.1 Å². The molecule has 1 N–H and O–H groups in total. The molecule has 0 bridgehead atoms. The van der Waals surface area contributed by atoms with Crippen LogP contribution in [0.4, 0.5) is 5.69 Å². The molecule has 1 aliphatic heterocycles. The first-order chi connectivity index (χ1) is 18.7. The third-order valence-electron chi connectivity index (χ3n) is 6.59. The zero-order chi connectivity index (χ0) is 28.1. The Morgan fingerprint density at radius 1 is 0.897 bits per heavy atom. The van der Waals surface area contributed by atoms with Crippen molar-refractivity contribution < 1.29 is 28.6 Å². The number of carbonyl (C=O) groups is 3. The van der Waals surface area contributed by atoms with Gasteiger partial charge in [0.1, 0.15) is 17.5 Å². The molecule has 0 radical (unpaired) electrons. The van der Waals surface area contributed by atoms with E-state index in [-0.39, 0.29) is 17.7 Å². The fraction of sp³-hybridized carbons (Fsp3) is 0.323. The zero-order valence-electron chi connectivity index (χ0n) is 22.9. The van der Waals surface area contributed by atoms with Crippen molar-refractivity contribution in [3.05, 3.63) is 77.4 Å². The van der Waals surface area contributed by atoms with E-state index in [0.717, 1.165) is 16.7 Å². The van der Waals surface area contributed by atoms with Crippen molar-refractivity contribution in [2.24, 2.45) is 5.92 Å². The van der Waals surface area contributed by atoms with Crippen LogP contribution in [0.25, 0.3) is 11.1 Å². The Labute approximate surface area is 228 Å². The van der Waals surface area contributed by atoms with Gasteiger partial charge in [0.2, 0.25) is 0 Å². The lowest BCUT2D eigenvalue weighted by Crippen LogP contribution is -2.45. The quantitative estimate of drug-likeness (QED) is 0.345. The van der Waals surface area contributed by atoms with Gasteiger partial charge >= 0.3 is 5.97 Å². The van der Waals surface area contributed by atoms with Gasteiger partial charge < -0.3 is 24.4 Å². The van der Waals surface area contributed by atoms with E-state index >= 15 is 0 Å². The predicted octanol–water partition coefficient (Wildman–Crippen LogP) is 5.56. The van der Waals surface area contributed by atoms with Gasteiger partial charge in [-0.1, -0.05) is 38.1 Å². The maximum Gasteiger partial charge on any atom is 0.328 e. The van der Waals surface area contributed by atoms with Gasteiger partial charge in [-0.3, -0.25) is 9.59 Å². The van der Waals surface area contributed by atoms with Crippen molar-refractivity contribution in [3.8, 4) is 22.6 Å². The van der Waals surface area contributed by atoms with E-state index in [2.05, 4.69) is 5.32 Å². The normalized spacial score (nSPS) is 13.2. The largest absolute Gasteiger partial charge is 0.494 e. The topological polar surface area (TPSA) is 94.2 Å². The number of hydrogen-bond acceptors (Lipinski definition) is 6. The molecule has 2 amide bonds. The summed E-state index contributed by atoms with van der Waals surface area (Å²) in [5.74, 6) is 0.187. The number of nitrogens with zero attached hydrogens (tertiary/aromatic N) is 1. The van der Waals surface area contributed by atoms with Crippen LogP contribution in [0.15, 0.2) is 60.7 Å². The van der Waals surface area contributed by atoms with Gasteiger partial charge in [-0.05, 0) is 66.8 Å². The molecule has 39 heavy (non-hydrogen) atoms. The van der Waals surface area contributed by atoms with Crippen LogP contribution in [0.3, 0.4) is 0 Å². The van der Waals surface area contributed by atoms with Crippen LogP contribution in [-0.2, 0) is 16.1 Å². The summed E-state index contributed by atoms with van der Waals surface area (Å²) in [6.07, 6.45) is 0. The number of carbonyl (C=O) groups excluding carboxylic acids is 3. The summed E-state index contributed by atoms with van der Waals surface area (Å²) in [6, 6.07) is 17.6. The van der Waals surface area contributed by atoms with Crippen molar-refractivity contribution in [3.63, 3.8) is 0 Å². The van der Waals surface area contributed by atoms with Crippen molar-refractivity contribution >= 4 is 23.5 Å². The third-order valence-corrected chi connectivity index (χ3v) is 6.59. The minimum absolute atomic E-state index is 0.0784. The van der Waals surface area contributed by atoms with Crippen molar-refractivity contribution in [2.45, 2.75) is 40.3 Å². The lowest BCUT2D eigenvalue weighted by Gasteiger charge is -2.28. The van der Waals surface area contributed by atoms with E-state index in [1.807, 2.05) is 70.2 Å². The van der Waals surface area contributed by atoms with Crippen molar-refractivity contribution in [1.29, 1.82) is 0 Å². The van der Waals surface area contributed by atoms with Crippen LogP contribution in [0.1, 0.15) is 54.0 Å². The summed E-state index contributed by atoms with van der Waals surface area (Å²) in [6.45, 7) is 8.89. The van der Waals surface area contributed by atoms with Crippen molar-refractivity contribution in [1.82, 2.24) is 4.90 Å². The molecule has 1 heterocycles. The number of ether oxygens (including phenoxy) is 3. The molecule has 1 unspecified atom stereocenters. The Kier molecular flexibility index (Phi) is 8.54. The third kappa shape index (κ3) is 6.06. The Morgan fingerprint density at radius 3 is 2.08 bits per heavy atom. The van der Waals surface area contributed by atoms with Gasteiger partial charge in [0, 0.05) is 29.4 Å². The fourth-order valence-electron chi connectivity index (χ4n) is 4.76. The molecule has 8 nitrogen and oxygen atoms in total. The molecule has 0 aromatic heterocycles. The predicted molar refractivity (Wildman–Crippen MR) is 149 cm³/mol. The number of hydrogen-bond donors (Lipinski definition) is 1. The molecule has 1 atom stereocenters. The highest BCUT2D eigenvalue weighted by atomic mass is 16.5. The highest BCUT2D eigenvalue weighted by molar-refractivity contribution is 6.05. The van der Waals surface area contributed by atoms with Gasteiger partial charge in [-0.15, -0.1) is 0 Å². The lowest BCUT2D eigenvalue weighted by molar-refractivity contribution is -0.147. The van der Waals surface area contributed by atoms with E-state index in [1.165, 1.54) is 7.11 Å². The molecule has 3 aromatic carbocycles. The second kappa shape index (κ2) is 12.0. The molecule has 0 saturated carbocycles. The maximum atomic E-state index is 13.2. The number of methoxy groups -OCH3 is 1. The van der Waals surface area contributed by atoms with Gasteiger partial charge in [-0.2, -0.15) is 0 Å². The summed E-state index contributed by atoms with van der Waals surface area (Å²) in [4.78, 5) is 40.1. The van der Waals surface area contributed by atoms with Gasteiger partial charge in [0.05, 0.1) is 20.3 Å². The molecule has 3 aromatic rings. The second-order valence-electron chi connectivity index (χ2n) is 9.61. The Bertz CT molecular complexity index is 1340. The summed E-state index contributed by atoms with van der Waals surface area (Å²) in [5, 5.41) is 2.91. The van der Waals surface area contributed by atoms with Gasteiger partial charge in [0.15, 0.2) is 0 Å². The van der Waals surface area contributed by atoms with Gasteiger partial charge in [-0.25, -0.2) is 4.79 Å². The second-order valence-corrected chi connectivity index (χ2v) is 9.61. The number of nitrogens with one attached hydrogen (secondary N) is 1. The molecule has 0 aliphatic carbocycles. The van der Waals surface area contributed by atoms with Crippen LogP contribution in [0.5, 0.6) is 11.5 Å². The van der Waals surface area contributed by atoms with Crippen LogP contribution >= 0.6 is 0 Å². The van der Waals surface area contributed by atoms with Crippen LogP contribution in [0, 0.1) is 5.92 Å². The number of amides is 2. The molecule has 204 valence electrons. The number of benzene rings is 3. The molecule has 0 fully saturated rings. The maximum absolute atomic E-state index is 13.2. The first kappa shape index (κ1) is 27.7. The number of fused-ring (bicyclic) bond motifs is 1. The summed E-state index contributed by atoms with van der Waals surface area (Å²) in [5.41, 5.74) is 4.28. The lowest BCUT2D eigenvalue weighted by atomic mass is 10.00. The van der Waals surface area contributed by atoms with E-state index in [1.54, 1.807) is 23.1 Å². The van der Waals surface area contributed by atoms with Crippen molar-refractivity contribution in [2.75, 3.05) is 25.6 Å². The molecule has 8 heteroatoms. The molecular formula is C31H34N2O6. The zero-order valence-corrected chi connectivity index (χ0v) is 22.9. The Hall–Kier alpha value is -4.33. The first-order valence-electron chi connectivity index (χ1n) is 13.1. The Morgan fingerprint density at radius 2 is 1.51 bits per heavy atom. The smallest absolute Gasteiger partial charge is 0.328 e. The standard InChI is InChI=1S/C31H34N2O6/c1-6-38-25-14-23(15-26(17-25)39-7-2)29(34)32-24-12-10-20(11-13-24)21-8-9-22-18-33(30(35)27(22)16-21)28(19(3)4)31(36)37-5/h8-17,19,28H,6-7,18H2,1-5H3,(H,32,34). The first-order valence-corrected chi connectivity index (χ1v) is 13.1. The van der Waals surface area contributed by atoms with Crippen LogP contribution < -0.4 is 14.8 Å². The average molecular weight is 531 g/mol. The van der Waals surface area contributed by atoms with Crippen LogP contribution in [0.2, 0.25) is 0 Å². The summed E-state index contributed by atoms with van der Waals surface area (Å²) >= 11 is 0. The van der Waals surface area contributed by atoms with E-state index < -0.39 is 12.0 Å². The highest BCUT2D eigenvalue weighted by Crippen LogP contribution is 2.32. The fourth-order valence-corrected chi connectivity index (χ4v) is 4.76.